The molecule has 0 bridgehead atoms. The average molecular weight is 493 g/mol. The number of para-hydroxylation sites is 1. The number of carbonyl (C=O) groups is 2. The number of nitrogens with zero attached hydrogens (tertiary/aromatic N) is 1. The monoisotopic (exact) mass is 492 g/mol. The molecule has 0 radical (unpaired) electrons. The highest BCUT2D eigenvalue weighted by molar-refractivity contribution is 7.99. The second-order valence-corrected chi connectivity index (χ2v) is 9.95. The van der Waals surface area contributed by atoms with Gasteiger partial charge in [-0.25, -0.2) is 0 Å². The van der Waals surface area contributed by atoms with Crippen molar-refractivity contribution >= 4 is 46.8 Å². The molecule has 0 spiro atoms. The molecule has 2 unspecified atom stereocenters. The molecule has 0 aromatic heterocycles. The van der Waals surface area contributed by atoms with E-state index in [1.807, 2.05) is 41.3 Å². The quantitative estimate of drug-likeness (QED) is 0.477. The van der Waals surface area contributed by atoms with Crippen molar-refractivity contribution in [3.63, 3.8) is 0 Å². The van der Waals surface area contributed by atoms with E-state index in [0.29, 0.717) is 29.6 Å². The van der Waals surface area contributed by atoms with E-state index in [1.165, 1.54) is 11.8 Å². The van der Waals surface area contributed by atoms with Crippen LogP contribution in [0, 0.1) is 5.92 Å². The Bertz CT molecular complexity index is 1020. The first-order valence-corrected chi connectivity index (χ1v) is 12.4. The minimum Gasteiger partial charge on any atom is -0.496 e. The standard InChI is InChI=1S/C24H26Cl2N2O3S/c1-31-18-6-2-3-7-19(18)32-20-10-9-15(22(25)23(20)26)16-14-17(16)24(30)27-11-5-13-28-12-4-8-21(28)29/h2-3,6-7,9-10,16-17H,4-5,8,11-14H2,1H3,(H,27,30). The Balaban J connectivity index is 1.32. The molecule has 5 nitrogen and oxygen atoms in total. The second-order valence-electron chi connectivity index (χ2n) is 8.11. The molecule has 2 fully saturated rings. The lowest BCUT2D eigenvalue weighted by Crippen LogP contribution is -2.31. The minimum atomic E-state index is -0.0790. The molecule has 1 heterocycles. The third kappa shape index (κ3) is 5.19. The van der Waals surface area contributed by atoms with Gasteiger partial charge in [0.05, 0.1) is 22.1 Å². The van der Waals surface area contributed by atoms with Gasteiger partial charge in [-0.15, -0.1) is 0 Å². The zero-order chi connectivity index (χ0) is 22.7. The lowest BCUT2D eigenvalue weighted by atomic mass is 10.1. The van der Waals surface area contributed by atoms with Crippen LogP contribution in [0.25, 0.3) is 0 Å². The summed E-state index contributed by atoms with van der Waals surface area (Å²) in [7, 11) is 1.64. The van der Waals surface area contributed by atoms with Crippen LogP contribution in [0.1, 0.15) is 37.2 Å². The SMILES string of the molecule is COc1ccccc1Sc1ccc(C2CC2C(=O)NCCCN2CCCC2=O)c(Cl)c1Cl. The summed E-state index contributed by atoms with van der Waals surface area (Å²) in [6.45, 7) is 2.12. The summed E-state index contributed by atoms with van der Waals surface area (Å²) < 4.78 is 5.41. The van der Waals surface area contributed by atoms with Gasteiger partial charge in [-0.2, -0.15) is 0 Å². The van der Waals surface area contributed by atoms with E-state index in [2.05, 4.69) is 5.32 Å². The van der Waals surface area contributed by atoms with Crippen molar-refractivity contribution in [2.45, 2.75) is 41.4 Å². The van der Waals surface area contributed by atoms with Crippen molar-refractivity contribution in [3.8, 4) is 5.75 Å². The van der Waals surface area contributed by atoms with Gasteiger partial charge in [0.25, 0.3) is 0 Å². The normalized spacial score (nSPS) is 19.8. The van der Waals surface area contributed by atoms with E-state index >= 15 is 0 Å². The fourth-order valence-corrected chi connectivity index (χ4v) is 5.73. The maximum atomic E-state index is 12.5. The van der Waals surface area contributed by atoms with Crippen molar-refractivity contribution in [2.75, 3.05) is 26.7 Å². The Labute approximate surface area is 202 Å². The summed E-state index contributed by atoms with van der Waals surface area (Å²) in [4.78, 5) is 27.9. The van der Waals surface area contributed by atoms with Gasteiger partial charge in [0.15, 0.2) is 0 Å². The molecule has 2 aromatic carbocycles. The van der Waals surface area contributed by atoms with Crippen LogP contribution >= 0.6 is 35.0 Å². The molecule has 2 atom stereocenters. The van der Waals surface area contributed by atoms with Crippen LogP contribution in [0.2, 0.25) is 10.0 Å². The molecule has 8 heteroatoms. The molecule has 1 saturated carbocycles. The Kier molecular flexibility index (Phi) is 7.54. The number of amides is 2. The predicted molar refractivity (Wildman–Crippen MR) is 128 cm³/mol. The van der Waals surface area contributed by atoms with Crippen LogP contribution in [0.4, 0.5) is 0 Å². The number of hydrogen-bond donors (Lipinski definition) is 1. The van der Waals surface area contributed by atoms with E-state index < -0.39 is 0 Å². The van der Waals surface area contributed by atoms with Crippen molar-refractivity contribution < 1.29 is 14.3 Å². The predicted octanol–water partition coefficient (Wildman–Crippen LogP) is 5.39. The fourth-order valence-electron chi connectivity index (χ4n) is 4.12. The molecule has 32 heavy (non-hydrogen) atoms. The summed E-state index contributed by atoms with van der Waals surface area (Å²) in [6.07, 6.45) is 3.13. The average Bonchev–Trinajstić information content (AvgIpc) is 3.49. The molecule has 4 rings (SSSR count). The third-order valence-electron chi connectivity index (χ3n) is 5.97. The number of nitrogens with one attached hydrogen (secondary N) is 1. The molecule has 2 aliphatic rings. The zero-order valence-electron chi connectivity index (χ0n) is 17.9. The van der Waals surface area contributed by atoms with E-state index in [-0.39, 0.29) is 23.7 Å². The first-order chi connectivity index (χ1) is 15.5. The second kappa shape index (κ2) is 10.4. The van der Waals surface area contributed by atoms with Crippen molar-refractivity contribution in [3.05, 3.63) is 52.0 Å². The minimum absolute atomic E-state index is 0.0439. The van der Waals surface area contributed by atoms with Gasteiger partial charge in [0, 0.05) is 36.9 Å². The van der Waals surface area contributed by atoms with Gasteiger partial charge in [0.1, 0.15) is 5.75 Å². The van der Waals surface area contributed by atoms with Crippen LogP contribution in [-0.4, -0.2) is 43.5 Å². The molecule has 1 N–H and O–H groups in total. The topological polar surface area (TPSA) is 58.6 Å². The number of hydrogen-bond acceptors (Lipinski definition) is 4. The Morgan fingerprint density at radius 1 is 1.19 bits per heavy atom. The van der Waals surface area contributed by atoms with E-state index in [1.54, 1.807) is 7.11 Å². The van der Waals surface area contributed by atoms with Crippen LogP contribution in [0.3, 0.4) is 0 Å². The number of carbonyl (C=O) groups excluding carboxylic acids is 2. The summed E-state index contributed by atoms with van der Waals surface area (Å²) in [5, 5.41) is 4.02. The first-order valence-electron chi connectivity index (χ1n) is 10.8. The third-order valence-corrected chi connectivity index (χ3v) is 8.09. The lowest BCUT2D eigenvalue weighted by Gasteiger charge is -2.15. The Hall–Kier alpha value is -1.89. The summed E-state index contributed by atoms with van der Waals surface area (Å²) >= 11 is 14.7. The van der Waals surface area contributed by atoms with Crippen molar-refractivity contribution in [2.24, 2.45) is 5.92 Å². The smallest absolute Gasteiger partial charge is 0.223 e. The molecule has 170 valence electrons. The van der Waals surface area contributed by atoms with Gasteiger partial charge < -0.3 is 15.0 Å². The van der Waals surface area contributed by atoms with E-state index in [0.717, 1.165) is 46.9 Å². The van der Waals surface area contributed by atoms with E-state index in [9.17, 15) is 9.59 Å². The van der Waals surface area contributed by atoms with E-state index in [4.69, 9.17) is 27.9 Å². The molecule has 1 aliphatic carbocycles. The van der Waals surface area contributed by atoms with Gasteiger partial charge >= 0.3 is 0 Å². The van der Waals surface area contributed by atoms with Crippen molar-refractivity contribution in [1.29, 1.82) is 0 Å². The number of methoxy groups -OCH3 is 1. The largest absolute Gasteiger partial charge is 0.496 e. The number of likely N-dealkylation sites (tertiary alicyclic amines) is 1. The lowest BCUT2D eigenvalue weighted by molar-refractivity contribution is -0.127. The van der Waals surface area contributed by atoms with Crippen LogP contribution in [-0.2, 0) is 9.59 Å². The van der Waals surface area contributed by atoms with Gasteiger partial charge in [0.2, 0.25) is 11.8 Å². The summed E-state index contributed by atoms with van der Waals surface area (Å²) in [5.74, 6) is 1.05. The number of rotatable bonds is 9. The molecule has 1 aliphatic heterocycles. The maximum absolute atomic E-state index is 12.5. The maximum Gasteiger partial charge on any atom is 0.223 e. The highest BCUT2D eigenvalue weighted by Crippen LogP contribution is 2.52. The summed E-state index contributed by atoms with van der Waals surface area (Å²) in [6, 6.07) is 11.7. The molecular weight excluding hydrogens is 467 g/mol. The van der Waals surface area contributed by atoms with Crippen LogP contribution < -0.4 is 10.1 Å². The number of benzene rings is 2. The first kappa shape index (κ1) is 23.3. The number of halogens is 2. The Morgan fingerprint density at radius 2 is 2.00 bits per heavy atom. The van der Waals surface area contributed by atoms with Crippen LogP contribution in [0.5, 0.6) is 5.75 Å². The fraction of sp³-hybridized carbons (Fsp3) is 0.417. The molecule has 2 amide bonds. The molecular formula is C24H26Cl2N2O3S. The summed E-state index contributed by atoms with van der Waals surface area (Å²) in [5.41, 5.74) is 0.920. The number of ether oxygens (including phenoxy) is 1. The van der Waals surface area contributed by atoms with Gasteiger partial charge in [-0.1, -0.05) is 53.2 Å². The van der Waals surface area contributed by atoms with Gasteiger partial charge in [-0.3, -0.25) is 9.59 Å². The van der Waals surface area contributed by atoms with Gasteiger partial charge in [-0.05, 0) is 48.9 Å². The highest BCUT2D eigenvalue weighted by atomic mass is 35.5. The molecule has 1 saturated heterocycles. The van der Waals surface area contributed by atoms with Crippen molar-refractivity contribution in [1.82, 2.24) is 10.2 Å². The molecule has 2 aromatic rings. The van der Waals surface area contributed by atoms with Crippen LogP contribution in [0.15, 0.2) is 46.2 Å². The Morgan fingerprint density at radius 3 is 2.75 bits per heavy atom. The highest BCUT2D eigenvalue weighted by Gasteiger charge is 2.45. The zero-order valence-corrected chi connectivity index (χ0v) is 20.2.